The van der Waals surface area contributed by atoms with Gasteiger partial charge in [0, 0.05) is 3.58 Å². The molecule has 70 valence electrons. The second kappa shape index (κ2) is 6.01. The first-order valence-corrected chi connectivity index (χ1v) is 6.65. The quantitative estimate of drug-likeness (QED) is 0.642. The van der Waals surface area contributed by atoms with E-state index in [2.05, 4.69) is 80.5 Å². The van der Waals surface area contributed by atoms with Gasteiger partial charge in [0.05, 0.1) is 0 Å². The summed E-state index contributed by atoms with van der Waals surface area (Å²) < 4.78 is 3.41. The van der Waals surface area contributed by atoms with Crippen LogP contribution in [0.5, 0.6) is 0 Å². The van der Waals surface area contributed by atoms with Crippen LogP contribution >= 0.6 is 45.2 Å². The van der Waals surface area contributed by atoms with Crippen molar-refractivity contribution in [3.05, 3.63) is 39.5 Å². The van der Waals surface area contributed by atoms with Crippen molar-refractivity contribution in [2.75, 3.05) is 0 Å². The van der Waals surface area contributed by atoms with E-state index in [0.29, 0.717) is 0 Å². The average Bonchev–Trinajstić information content (AvgIpc) is 2.18. The molecule has 0 heterocycles. The van der Waals surface area contributed by atoms with Crippen molar-refractivity contribution in [2.45, 2.75) is 19.8 Å². The highest BCUT2D eigenvalue weighted by molar-refractivity contribution is 14.1. The van der Waals surface area contributed by atoms with Crippen LogP contribution in [-0.2, 0) is 6.42 Å². The van der Waals surface area contributed by atoms with Crippen molar-refractivity contribution in [3.63, 3.8) is 0 Å². The Morgan fingerprint density at radius 3 is 2.38 bits per heavy atom. The lowest BCUT2D eigenvalue weighted by molar-refractivity contribution is 0.922. The zero-order valence-electron chi connectivity index (χ0n) is 7.56. The lowest BCUT2D eigenvalue weighted by atomic mass is 10.1. The Morgan fingerprint density at radius 2 is 1.92 bits per heavy atom. The fourth-order valence-corrected chi connectivity index (χ4v) is 1.90. The predicted octanol–water partition coefficient (Wildman–Crippen LogP) is 4.81. The second-order valence-corrected chi connectivity index (χ2v) is 4.69. The molecular weight excluding hydrogens is 386 g/mol. The Labute approximate surface area is 107 Å². The summed E-state index contributed by atoms with van der Waals surface area (Å²) in [4.78, 5) is 0. The van der Waals surface area contributed by atoms with E-state index in [1.165, 1.54) is 27.5 Å². The zero-order valence-corrected chi connectivity index (χ0v) is 11.9. The van der Waals surface area contributed by atoms with Crippen molar-refractivity contribution in [3.8, 4) is 0 Å². The van der Waals surface area contributed by atoms with Crippen LogP contribution in [0.15, 0.2) is 28.3 Å². The monoisotopic (exact) mass is 398 g/mol. The fourth-order valence-electron chi connectivity index (χ4n) is 1.18. The molecular formula is C11H12I2. The van der Waals surface area contributed by atoms with Gasteiger partial charge in [0.15, 0.2) is 0 Å². The van der Waals surface area contributed by atoms with Crippen LogP contribution in [-0.4, -0.2) is 0 Å². The van der Waals surface area contributed by atoms with Crippen molar-refractivity contribution >= 4 is 48.8 Å². The average molecular weight is 398 g/mol. The van der Waals surface area contributed by atoms with E-state index in [1.807, 2.05) is 0 Å². The summed E-state index contributed by atoms with van der Waals surface area (Å²) in [6.45, 7) is 2.21. The lowest BCUT2D eigenvalue weighted by Gasteiger charge is -2.01. The van der Waals surface area contributed by atoms with Crippen LogP contribution in [0.2, 0.25) is 0 Å². The molecule has 0 saturated carbocycles. The van der Waals surface area contributed by atoms with Gasteiger partial charge in [-0.1, -0.05) is 60.2 Å². The first-order chi connectivity index (χ1) is 6.27. The van der Waals surface area contributed by atoms with Gasteiger partial charge >= 0.3 is 0 Å². The molecule has 0 spiro atoms. The fraction of sp³-hybridized carbons (Fsp3) is 0.273. The first kappa shape index (κ1) is 11.5. The normalized spacial score (nSPS) is 11.8. The maximum atomic E-state index is 2.36. The van der Waals surface area contributed by atoms with E-state index < -0.39 is 0 Å². The van der Waals surface area contributed by atoms with Crippen molar-refractivity contribution in [1.82, 2.24) is 0 Å². The van der Waals surface area contributed by atoms with Crippen LogP contribution < -0.4 is 0 Å². The van der Waals surface area contributed by atoms with E-state index in [0.717, 1.165) is 0 Å². The highest BCUT2D eigenvalue weighted by Gasteiger charge is 1.96. The molecule has 0 aliphatic rings. The summed E-state index contributed by atoms with van der Waals surface area (Å²) in [5.41, 5.74) is 2.75. The molecule has 0 unspecified atom stereocenters. The number of halogens is 2. The van der Waals surface area contributed by atoms with Gasteiger partial charge in [-0.05, 0) is 44.2 Å². The molecule has 2 heteroatoms. The van der Waals surface area contributed by atoms with E-state index in [4.69, 9.17) is 0 Å². The molecule has 0 radical (unpaired) electrons. The Hall–Kier alpha value is 0.420. The van der Waals surface area contributed by atoms with Crippen molar-refractivity contribution < 1.29 is 0 Å². The van der Waals surface area contributed by atoms with E-state index in [1.54, 1.807) is 0 Å². The van der Waals surface area contributed by atoms with Gasteiger partial charge < -0.3 is 0 Å². The molecule has 0 bridgehead atoms. The topological polar surface area (TPSA) is 0 Å². The van der Waals surface area contributed by atoms with Gasteiger partial charge in [-0.15, -0.1) is 0 Å². The maximum absolute atomic E-state index is 2.36. The number of benzene rings is 1. The summed E-state index contributed by atoms with van der Waals surface area (Å²) in [5.74, 6) is 0. The largest absolute Gasteiger partial charge is 0.0651 e. The standard InChI is InChI=1S/C11H12I2/c1-2-3-9-4-6-10(7-5-9)11(13)8-12/h4-8H,2-3H2,1H3/b11-8+. The minimum atomic E-state index is 1.19. The summed E-state index contributed by atoms with van der Waals surface area (Å²) in [7, 11) is 0. The minimum absolute atomic E-state index is 1.19. The van der Waals surface area contributed by atoms with Gasteiger partial charge in [0.2, 0.25) is 0 Å². The van der Waals surface area contributed by atoms with Crippen molar-refractivity contribution in [2.24, 2.45) is 0 Å². The van der Waals surface area contributed by atoms with E-state index in [-0.39, 0.29) is 0 Å². The summed E-state index contributed by atoms with van der Waals surface area (Å²) in [6, 6.07) is 8.83. The third-order valence-corrected chi connectivity index (χ3v) is 4.61. The van der Waals surface area contributed by atoms with Gasteiger partial charge in [-0.2, -0.15) is 0 Å². The van der Waals surface area contributed by atoms with Crippen LogP contribution in [0.1, 0.15) is 24.5 Å². The second-order valence-electron chi connectivity index (χ2n) is 2.90. The molecule has 0 atom stereocenters. The maximum Gasteiger partial charge on any atom is 0.0263 e. The Bertz CT molecular complexity index is 285. The van der Waals surface area contributed by atoms with E-state index >= 15 is 0 Å². The first-order valence-electron chi connectivity index (χ1n) is 4.33. The third kappa shape index (κ3) is 3.58. The number of aryl methyl sites for hydroxylation is 1. The van der Waals surface area contributed by atoms with Crippen LogP contribution in [0, 0.1) is 0 Å². The molecule has 1 aromatic carbocycles. The van der Waals surface area contributed by atoms with Crippen LogP contribution in [0.25, 0.3) is 3.58 Å². The number of rotatable bonds is 3. The molecule has 13 heavy (non-hydrogen) atoms. The lowest BCUT2D eigenvalue weighted by Crippen LogP contribution is -1.83. The zero-order chi connectivity index (χ0) is 9.68. The van der Waals surface area contributed by atoms with Crippen LogP contribution in [0.4, 0.5) is 0 Å². The number of hydrogen-bond donors (Lipinski definition) is 0. The van der Waals surface area contributed by atoms with Gasteiger partial charge in [0.1, 0.15) is 0 Å². The molecule has 1 rings (SSSR count). The molecule has 1 aromatic rings. The molecule has 0 saturated heterocycles. The highest BCUT2D eigenvalue weighted by atomic mass is 127. The molecule has 0 fully saturated rings. The highest BCUT2D eigenvalue weighted by Crippen LogP contribution is 2.23. The molecule has 0 aromatic heterocycles. The SMILES string of the molecule is CCCc1ccc(/C(I)=C\I)cc1. The minimum Gasteiger partial charge on any atom is -0.0651 e. The molecule has 0 aliphatic heterocycles. The molecule has 0 nitrogen and oxygen atoms in total. The molecule has 0 amide bonds. The summed E-state index contributed by atoms with van der Waals surface area (Å²) in [6.07, 6.45) is 2.41. The molecule has 0 N–H and O–H groups in total. The van der Waals surface area contributed by atoms with Gasteiger partial charge in [0.25, 0.3) is 0 Å². The Morgan fingerprint density at radius 1 is 1.31 bits per heavy atom. The summed E-state index contributed by atoms with van der Waals surface area (Å²) in [5, 5.41) is 0. The smallest absolute Gasteiger partial charge is 0.0263 e. The number of hydrogen-bond acceptors (Lipinski definition) is 0. The van der Waals surface area contributed by atoms with Crippen molar-refractivity contribution in [1.29, 1.82) is 0 Å². The van der Waals surface area contributed by atoms with Gasteiger partial charge in [-0.25, -0.2) is 0 Å². The molecule has 0 aliphatic carbocycles. The van der Waals surface area contributed by atoms with Gasteiger partial charge in [-0.3, -0.25) is 0 Å². The Kier molecular flexibility index (Phi) is 5.31. The van der Waals surface area contributed by atoms with E-state index in [9.17, 15) is 0 Å². The third-order valence-electron chi connectivity index (χ3n) is 1.86. The predicted molar refractivity (Wildman–Crippen MR) is 76.5 cm³/mol. The summed E-state index contributed by atoms with van der Waals surface area (Å²) >= 11 is 4.63. The Balaban J connectivity index is 2.81. The van der Waals surface area contributed by atoms with Crippen LogP contribution in [0.3, 0.4) is 0 Å².